The largest absolute Gasteiger partial charge is 0.378 e. The summed E-state index contributed by atoms with van der Waals surface area (Å²) in [5.41, 5.74) is 6.72. The van der Waals surface area contributed by atoms with Gasteiger partial charge in [-0.25, -0.2) is 4.98 Å². The molecule has 14 heavy (non-hydrogen) atoms. The maximum atomic E-state index is 5.84. The summed E-state index contributed by atoms with van der Waals surface area (Å²) in [4.78, 5) is 8.33. The molecule has 1 saturated heterocycles. The lowest BCUT2D eigenvalue weighted by Gasteiger charge is -2.16. The van der Waals surface area contributed by atoms with Gasteiger partial charge in [0.15, 0.2) is 0 Å². The number of ether oxygens (including phenoxy) is 1. The lowest BCUT2D eigenvalue weighted by molar-refractivity contribution is 0.192. The van der Waals surface area contributed by atoms with Crippen molar-refractivity contribution >= 4 is 5.82 Å². The fraction of sp³-hybridized carbons (Fsp3) is 0.556. The molecule has 2 atom stereocenters. The fourth-order valence-electron chi connectivity index (χ4n) is 1.44. The number of nitrogens with one attached hydrogen (secondary N) is 1. The zero-order valence-electron chi connectivity index (χ0n) is 8.10. The topological polar surface area (TPSA) is 73.1 Å². The van der Waals surface area contributed by atoms with Crippen molar-refractivity contribution < 1.29 is 4.74 Å². The van der Waals surface area contributed by atoms with E-state index in [2.05, 4.69) is 15.3 Å². The lowest BCUT2D eigenvalue weighted by Crippen LogP contribution is -2.39. The van der Waals surface area contributed by atoms with E-state index in [1.54, 1.807) is 12.4 Å². The minimum atomic E-state index is 0.0383. The van der Waals surface area contributed by atoms with Crippen LogP contribution in [0.1, 0.15) is 5.69 Å². The minimum absolute atomic E-state index is 0.0383. The summed E-state index contributed by atoms with van der Waals surface area (Å²) in [5, 5.41) is 3.24. The third kappa shape index (κ3) is 1.83. The second kappa shape index (κ2) is 3.89. The SMILES string of the molecule is Cc1nccnc1NC1COCC1N. The first kappa shape index (κ1) is 9.36. The second-order valence-corrected chi connectivity index (χ2v) is 3.44. The number of nitrogens with two attached hydrogens (primary N) is 1. The molecule has 0 amide bonds. The van der Waals surface area contributed by atoms with Gasteiger partial charge in [-0.15, -0.1) is 0 Å². The molecule has 0 spiro atoms. The third-order valence-corrected chi connectivity index (χ3v) is 2.33. The highest BCUT2D eigenvalue weighted by Crippen LogP contribution is 2.12. The molecule has 2 unspecified atom stereocenters. The molecule has 1 aliphatic heterocycles. The van der Waals surface area contributed by atoms with E-state index in [4.69, 9.17) is 10.5 Å². The van der Waals surface area contributed by atoms with Crippen LogP contribution < -0.4 is 11.1 Å². The summed E-state index contributed by atoms with van der Waals surface area (Å²) in [7, 11) is 0. The van der Waals surface area contributed by atoms with Crippen molar-refractivity contribution in [1.82, 2.24) is 9.97 Å². The maximum Gasteiger partial charge on any atom is 0.147 e. The summed E-state index contributed by atoms with van der Waals surface area (Å²) in [6.07, 6.45) is 3.34. The molecule has 76 valence electrons. The van der Waals surface area contributed by atoms with Gasteiger partial charge in [0.2, 0.25) is 0 Å². The molecule has 0 aliphatic carbocycles. The molecule has 1 fully saturated rings. The molecule has 0 saturated carbocycles. The van der Waals surface area contributed by atoms with E-state index < -0.39 is 0 Å². The van der Waals surface area contributed by atoms with Crippen LogP contribution in [0.3, 0.4) is 0 Å². The Balaban J connectivity index is 2.07. The number of aromatic nitrogens is 2. The van der Waals surface area contributed by atoms with Crippen LogP contribution in [-0.2, 0) is 4.74 Å². The van der Waals surface area contributed by atoms with Gasteiger partial charge in [-0.2, -0.15) is 0 Å². The first-order valence-electron chi connectivity index (χ1n) is 4.65. The quantitative estimate of drug-likeness (QED) is 0.689. The van der Waals surface area contributed by atoms with Crippen molar-refractivity contribution in [2.45, 2.75) is 19.0 Å². The Labute approximate surface area is 82.7 Å². The van der Waals surface area contributed by atoms with E-state index in [-0.39, 0.29) is 12.1 Å². The number of rotatable bonds is 2. The average Bonchev–Trinajstić information content (AvgIpc) is 2.56. The van der Waals surface area contributed by atoms with Crippen LogP contribution in [0, 0.1) is 6.92 Å². The summed E-state index contributed by atoms with van der Waals surface area (Å²) in [6.45, 7) is 3.16. The Bertz CT molecular complexity index is 317. The van der Waals surface area contributed by atoms with Gasteiger partial charge < -0.3 is 15.8 Å². The molecule has 0 bridgehead atoms. The monoisotopic (exact) mass is 194 g/mol. The Morgan fingerprint density at radius 2 is 2.21 bits per heavy atom. The van der Waals surface area contributed by atoms with E-state index in [1.165, 1.54) is 0 Å². The molecule has 1 aromatic rings. The van der Waals surface area contributed by atoms with Gasteiger partial charge in [-0.1, -0.05) is 0 Å². The molecule has 5 nitrogen and oxygen atoms in total. The van der Waals surface area contributed by atoms with Crippen molar-refractivity contribution in [2.24, 2.45) is 5.73 Å². The van der Waals surface area contributed by atoms with Crippen LogP contribution >= 0.6 is 0 Å². The van der Waals surface area contributed by atoms with Gasteiger partial charge in [0.05, 0.1) is 31.0 Å². The Morgan fingerprint density at radius 3 is 2.86 bits per heavy atom. The molecule has 0 radical (unpaired) electrons. The van der Waals surface area contributed by atoms with E-state index in [0.717, 1.165) is 11.5 Å². The first-order chi connectivity index (χ1) is 6.77. The number of hydrogen-bond donors (Lipinski definition) is 2. The van der Waals surface area contributed by atoms with Crippen LogP contribution in [0.15, 0.2) is 12.4 Å². The highest BCUT2D eigenvalue weighted by molar-refractivity contribution is 5.40. The number of nitrogens with zero attached hydrogens (tertiary/aromatic N) is 2. The molecule has 0 aromatic carbocycles. The molecule has 2 rings (SSSR count). The predicted molar refractivity (Wildman–Crippen MR) is 53.0 cm³/mol. The Morgan fingerprint density at radius 1 is 1.43 bits per heavy atom. The molecular weight excluding hydrogens is 180 g/mol. The van der Waals surface area contributed by atoms with Crippen LogP contribution in [0.5, 0.6) is 0 Å². The molecule has 2 heterocycles. The highest BCUT2D eigenvalue weighted by atomic mass is 16.5. The highest BCUT2D eigenvalue weighted by Gasteiger charge is 2.25. The predicted octanol–water partition coefficient (Wildman–Crippen LogP) is -0.0770. The summed E-state index contributed by atoms with van der Waals surface area (Å²) >= 11 is 0. The van der Waals surface area contributed by atoms with E-state index in [9.17, 15) is 0 Å². The molecule has 5 heteroatoms. The number of aryl methyl sites for hydroxylation is 1. The van der Waals surface area contributed by atoms with E-state index in [0.29, 0.717) is 13.2 Å². The molecule has 1 aliphatic rings. The smallest absolute Gasteiger partial charge is 0.147 e. The van der Waals surface area contributed by atoms with E-state index >= 15 is 0 Å². The zero-order valence-corrected chi connectivity index (χ0v) is 8.10. The van der Waals surface area contributed by atoms with Gasteiger partial charge in [-0.05, 0) is 6.92 Å². The van der Waals surface area contributed by atoms with Crippen molar-refractivity contribution in [3.63, 3.8) is 0 Å². The van der Waals surface area contributed by atoms with Gasteiger partial charge in [0, 0.05) is 12.4 Å². The van der Waals surface area contributed by atoms with Crippen LogP contribution in [-0.4, -0.2) is 35.3 Å². The molecule has 3 N–H and O–H groups in total. The summed E-state index contributed by atoms with van der Waals surface area (Å²) in [5.74, 6) is 0.790. The van der Waals surface area contributed by atoms with Crippen molar-refractivity contribution in [1.29, 1.82) is 0 Å². The number of anilines is 1. The minimum Gasteiger partial charge on any atom is -0.378 e. The third-order valence-electron chi connectivity index (χ3n) is 2.33. The zero-order chi connectivity index (χ0) is 9.97. The van der Waals surface area contributed by atoms with Crippen LogP contribution in [0.4, 0.5) is 5.82 Å². The summed E-state index contributed by atoms with van der Waals surface area (Å²) < 4.78 is 5.25. The normalized spacial score (nSPS) is 26.4. The average molecular weight is 194 g/mol. The van der Waals surface area contributed by atoms with Crippen LogP contribution in [0.2, 0.25) is 0 Å². The fourth-order valence-corrected chi connectivity index (χ4v) is 1.44. The standard InChI is InChI=1S/C9H14N4O/c1-6-9(12-3-2-11-6)13-8-5-14-4-7(8)10/h2-3,7-8H,4-5,10H2,1H3,(H,12,13). The van der Waals surface area contributed by atoms with Crippen molar-refractivity contribution in [2.75, 3.05) is 18.5 Å². The van der Waals surface area contributed by atoms with Crippen molar-refractivity contribution in [3.8, 4) is 0 Å². The lowest BCUT2D eigenvalue weighted by atomic mass is 10.2. The van der Waals surface area contributed by atoms with Crippen molar-refractivity contribution in [3.05, 3.63) is 18.1 Å². The Hall–Kier alpha value is -1.20. The summed E-state index contributed by atoms with van der Waals surface area (Å²) in [6, 6.07) is 0.182. The molecular formula is C9H14N4O. The first-order valence-corrected chi connectivity index (χ1v) is 4.65. The van der Waals surface area contributed by atoms with Crippen LogP contribution in [0.25, 0.3) is 0 Å². The second-order valence-electron chi connectivity index (χ2n) is 3.44. The van der Waals surface area contributed by atoms with Gasteiger partial charge in [0.25, 0.3) is 0 Å². The van der Waals surface area contributed by atoms with Gasteiger partial charge >= 0.3 is 0 Å². The molecule has 1 aromatic heterocycles. The van der Waals surface area contributed by atoms with Gasteiger partial charge in [0.1, 0.15) is 5.82 Å². The van der Waals surface area contributed by atoms with Gasteiger partial charge in [-0.3, -0.25) is 4.98 Å². The van der Waals surface area contributed by atoms with E-state index in [1.807, 2.05) is 6.92 Å². The maximum absolute atomic E-state index is 5.84. The number of hydrogen-bond acceptors (Lipinski definition) is 5. The Kier molecular flexibility index (Phi) is 2.60.